The highest BCUT2D eigenvalue weighted by atomic mass is 79.9. The highest BCUT2D eigenvalue weighted by Gasteiger charge is 2.20. The van der Waals surface area contributed by atoms with Crippen LogP contribution in [0.1, 0.15) is 30.6 Å². The van der Waals surface area contributed by atoms with Crippen LogP contribution in [0.4, 0.5) is 0 Å². The van der Waals surface area contributed by atoms with Crippen LogP contribution in [-0.2, 0) is 4.74 Å². The Hall–Kier alpha value is -1.71. The summed E-state index contributed by atoms with van der Waals surface area (Å²) in [7, 11) is 0. The smallest absolute Gasteiger partial charge is 0.367 e. The average molecular weight is 427 g/mol. The van der Waals surface area contributed by atoms with E-state index in [1.165, 1.54) is 17.7 Å². The van der Waals surface area contributed by atoms with Gasteiger partial charge >= 0.3 is 5.97 Å². The van der Waals surface area contributed by atoms with Gasteiger partial charge in [-0.1, -0.05) is 0 Å². The molecule has 0 atom stereocenters. The second kappa shape index (κ2) is 8.41. The molecule has 0 unspecified atom stereocenters. The van der Waals surface area contributed by atoms with Crippen LogP contribution < -0.4 is 0 Å². The van der Waals surface area contributed by atoms with E-state index in [2.05, 4.69) is 35.9 Å². The van der Waals surface area contributed by atoms with Crippen molar-refractivity contribution in [2.75, 3.05) is 0 Å². The second-order valence-corrected chi connectivity index (χ2v) is 8.76. The standard InChI is InChI=1S/C8H10BrNO2S.C7H5N3S/c1-8(2,3)12-7(11)6-10-4-5(9)13-6;1-6(2-9-4-8-1)7-3-10-5-11-7/h4H,1-3H3;1-5H. The molecule has 3 heterocycles. The normalized spacial score (nSPS) is 10.7. The van der Waals surface area contributed by atoms with Gasteiger partial charge in [-0.2, -0.15) is 0 Å². The lowest BCUT2D eigenvalue weighted by Gasteiger charge is -2.18. The fourth-order valence-electron chi connectivity index (χ4n) is 1.46. The molecule has 0 saturated carbocycles. The summed E-state index contributed by atoms with van der Waals surface area (Å²) < 4.78 is 5.95. The summed E-state index contributed by atoms with van der Waals surface area (Å²) in [6, 6.07) is 0. The molecule has 3 aromatic rings. The number of carbonyl (C=O) groups is 1. The van der Waals surface area contributed by atoms with Crippen molar-refractivity contribution in [3.8, 4) is 10.4 Å². The number of ether oxygens (including phenoxy) is 1. The van der Waals surface area contributed by atoms with Crippen LogP contribution >= 0.6 is 38.6 Å². The summed E-state index contributed by atoms with van der Waals surface area (Å²) in [5.74, 6) is -0.372. The molecule has 3 rings (SSSR count). The first-order valence-corrected chi connectivity index (χ1v) is 9.32. The number of hydrogen-bond acceptors (Lipinski definition) is 8. The molecule has 24 heavy (non-hydrogen) atoms. The highest BCUT2D eigenvalue weighted by Crippen LogP contribution is 2.21. The zero-order valence-electron chi connectivity index (χ0n) is 13.3. The Morgan fingerprint density at radius 1 is 1.12 bits per heavy atom. The number of carbonyl (C=O) groups excluding carboxylic acids is 1. The maximum Gasteiger partial charge on any atom is 0.367 e. The molecule has 0 aromatic carbocycles. The van der Waals surface area contributed by atoms with Gasteiger partial charge in [-0.3, -0.25) is 4.98 Å². The number of nitrogens with zero attached hydrogens (tertiary/aromatic N) is 4. The Kier molecular flexibility index (Phi) is 6.52. The molecular formula is C15H15BrN4O2S2. The highest BCUT2D eigenvalue weighted by molar-refractivity contribution is 9.11. The summed E-state index contributed by atoms with van der Waals surface area (Å²) in [6.07, 6.45) is 8.47. The molecule has 0 radical (unpaired) electrons. The van der Waals surface area contributed by atoms with Gasteiger partial charge in [-0.15, -0.1) is 22.7 Å². The van der Waals surface area contributed by atoms with Gasteiger partial charge in [0.15, 0.2) is 0 Å². The van der Waals surface area contributed by atoms with Crippen molar-refractivity contribution < 1.29 is 9.53 Å². The van der Waals surface area contributed by atoms with Crippen molar-refractivity contribution in [3.05, 3.63) is 45.4 Å². The van der Waals surface area contributed by atoms with Crippen molar-refractivity contribution in [1.82, 2.24) is 19.9 Å². The van der Waals surface area contributed by atoms with Crippen molar-refractivity contribution in [2.45, 2.75) is 26.4 Å². The third kappa shape index (κ3) is 6.06. The van der Waals surface area contributed by atoms with E-state index in [9.17, 15) is 4.79 Å². The van der Waals surface area contributed by atoms with E-state index in [0.29, 0.717) is 5.01 Å². The molecule has 0 saturated heterocycles. The molecule has 126 valence electrons. The van der Waals surface area contributed by atoms with Gasteiger partial charge in [0, 0.05) is 24.2 Å². The van der Waals surface area contributed by atoms with Gasteiger partial charge in [-0.25, -0.2) is 19.7 Å². The Bertz CT molecular complexity index is 770. The molecule has 9 heteroatoms. The lowest BCUT2D eigenvalue weighted by atomic mass is 10.2. The first kappa shape index (κ1) is 18.6. The van der Waals surface area contributed by atoms with Gasteiger partial charge in [0.2, 0.25) is 5.01 Å². The predicted octanol–water partition coefficient (Wildman–Crippen LogP) is 4.46. The SMILES string of the molecule is CC(C)(C)OC(=O)c1ncc(Br)s1.c1ncc(-c2cncs2)cn1. The number of halogens is 1. The van der Waals surface area contributed by atoms with Gasteiger partial charge in [0.25, 0.3) is 0 Å². The molecule has 0 N–H and O–H groups in total. The Morgan fingerprint density at radius 2 is 1.83 bits per heavy atom. The van der Waals surface area contributed by atoms with E-state index in [1.54, 1.807) is 35.4 Å². The lowest BCUT2D eigenvalue weighted by Crippen LogP contribution is -2.23. The molecule has 0 spiro atoms. The number of thiazole rings is 2. The number of rotatable bonds is 2. The monoisotopic (exact) mass is 426 g/mol. The molecule has 3 aromatic heterocycles. The van der Waals surface area contributed by atoms with Crippen LogP contribution in [0.3, 0.4) is 0 Å². The summed E-state index contributed by atoms with van der Waals surface area (Å²) >= 11 is 6.08. The van der Waals surface area contributed by atoms with Crippen molar-refractivity contribution in [3.63, 3.8) is 0 Å². The fraction of sp³-hybridized carbons (Fsp3) is 0.267. The van der Waals surface area contributed by atoms with Gasteiger partial charge in [-0.05, 0) is 36.7 Å². The molecule has 0 bridgehead atoms. The first-order chi connectivity index (χ1) is 11.3. The van der Waals surface area contributed by atoms with Gasteiger partial charge in [0.05, 0.1) is 20.4 Å². The first-order valence-electron chi connectivity index (χ1n) is 6.84. The average Bonchev–Trinajstić information content (AvgIpc) is 3.18. The quantitative estimate of drug-likeness (QED) is 0.562. The van der Waals surface area contributed by atoms with Gasteiger partial charge < -0.3 is 4.74 Å². The van der Waals surface area contributed by atoms with Crippen LogP contribution in [0.25, 0.3) is 10.4 Å². The largest absolute Gasteiger partial charge is 0.455 e. The Labute approximate surface area is 156 Å². The van der Waals surface area contributed by atoms with Crippen molar-refractivity contribution >= 4 is 44.6 Å². The minimum atomic E-state index is -0.463. The second-order valence-electron chi connectivity index (χ2n) is 5.46. The molecule has 0 aliphatic carbocycles. The summed E-state index contributed by atoms with van der Waals surface area (Å²) in [6.45, 7) is 5.48. The summed E-state index contributed by atoms with van der Waals surface area (Å²) in [4.78, 5) is 28.2. The van der Waals surface area contributed by atoms with Crippen LogP contribution in [0.15, 0.2) is 40.4 Å². The maximum atomic E-state index is 11.4. The van der Waals surface area contributed by atoms with E-state index in [1.807, 2.05) is 27.0 Å². The van der Waals surface area contributed by atoms with E-state index >= 15 is 0 Å². The number of esters is 1. The third-order valence-corrected chi connectivity index (χ3v) is 4.61. The van der Waals surface area contributed by atoms with Crippen LogP contribution in [0, 0.1) is 0 Å². The van der Waals surface area contributed by atoms with Crippen LogP contribution in [0.2, 0.25) is 0 Å². The molecular weight excluding hydrogens is 412 g/mol. The summed E-state index contributed by atoms with van der Waals surface area (Å²) in [5, 5.41) is 0.377. The fourth-order valence-corrected chi connectivity index (χ4v) is 3.14. The van der Waals surface area contributed by atoms with Crippen molar-refractivity contribution in [1.29, 1.82) is 0 Å². The Balaban J connectivity index is 0.000000175. The Morgan fingerprint density at radius 3 is 2.33 bits per heavy atom. The maximum absolute atomic E-state index is 11.4. The van der Waals surface area contributed by atoms with E-state index in [4.69, 9.17) is 4.74 Å². The molecule has 0 aliphatic rings. The van der Waals surface area contributed by atoms with Crippen LogP contribution in [-0.4, -0.2) is 31.5 Å². The minimum absolute atomic E-state index is 0.372. The minimum Gasteiger partial charge on any atom is -0.455 e. The zero-order valence-corrected chi connectivity index (χ0v) is 16.5. The predicted molar refractivity (Wildman–Crippen MR) is 98.1 cm³/mol. The van der Waals surface area contributed by atoms with E-state index in [0.717, 1.165) is 14.2 Å². The summed E-state index contributed by atoms with van der Waals surface area (Å²) in [5.41, 5.74) is 2.35. The zero-order chi connectivity index (χ0) is 17.6. The number of hydrogen-bond donors (Lipinski definition) is 0. The molecule has 0 amide bonds. The molecule has 6 nitrogen and oxygen atoms in total. The van der Waals surface area contributed by atoms with Crippen molar-refractivity contribution in [2.24, 2.45) is 0 Å². The van der Waals surface area contributed by atoms with Gasteiger partial charge in [0.1, 0.15) is 11.9 Å². The molecule has 0 aliphatic heterocycles. The number of aromatic nitrogens is 4. The van der Waals surface area contributed by atoms with E-state index in [-0.39, 0.29) is 5.97 Å². The lowest BCUT2D eigenvalue weighted by molar-refractivity contribution is 0.00692. The third-order valence-electron chi connectivity index (χ3n) is 2.33. The van der Waals surface area contributed by atoms with Crippen LogP contribution in [0.5, 0.6) is 0 Å². The van der Waals surface area contributed by atoms with E-state index < -0.39 is 5.60 Å². The topological polar surface area (TPSA) is 77.9 Å². The molecule has 0 fully saturated rings.